The summed E-state index contributed by atoms with van der Waals surface area (Å²) in [6.45, 7) is 2.69. The van der Waals surface area contributed by atoms with Gasteiger partial charge in [-0.3, -0.25) is 0 Å². The van der Waals surface area contributed by atoms with Crippen LogP contribution in [0.25, 0.3) is 0 Å². The van der Waals surface area contributed by atoms with Crippen LogP contribution >= 0.6 is 23.7 Å². The lowest BCUT2D eigenvalue weighted by molar-refractivity contribution is 0.150. The van der Waals surface area contributed by atoms with Crippen LogP contribution in [-0.2, 0) is 6.42 Å². The SMILES string of the molecule is CC(CN)(CO)Cc1cccs1.Cl. The Balaban J connectivity index is 0.00000144. The van der Waals surface area contributed by atoms with Crippen LogP contribution in [0.5, 0.6) is 0 Å². The number of nitrogens with two attached hydrogens (primary N) is 1. The molecule has 0 aliphatic heterocycles. The second-order valence-corrected chi connectivity index (χ2v) is 4.46. The van der Waals surface area contributed by atoms with Gasteiger partial charge in [0.1, 0.15) is 0 Å². The summed E-state index contributed by atoms with van der Waals surface area (Å²) in [4.78, 5) is 1.29. The van der Waals surface area contributed by atoms with Crippen LogP contribution < -0.4 is 5.73 Å². The number of halogens is 1. The highest BCUT2D eigenvalue weighted by atomic mass is 35.5. The Morgan fingerprint density at radius 3 is 2.69 bits per heavy atom. The predicted octanol–water partition coefficient (Wildman–Crippen LogP) is 1.67. The third-order valence-corrected chi connectivity index (χ3v) is 2.93. The Bertz CT molecular complexity index is 222. The van der Waals surface area contributed by atoms with Crippen LogP contribution in [0, 0.1) is 5.41 Å². The van der Waals surface area contributed by atoms with Gasteiger partial charge < -0.3 is 10.8 Å². The molecule has 0 amide bonds. The Hall–Kier alpha value is -0.0900. The highest BCUT2D eigenvalue weighted by Gasteiger charge is 2.22. The van der Waals surface area contributed by atoms with Crippen molar-refractivity contribution in [3.63, 3.8) is 0 Å². The van der Waals surface area contributed by atoms with Crippen LogP contribution in [0.1, 0.15) is 11.8 Å². The van der Waals surface area contributed by atoms with E-state index in [-0.39, 0.29) is 24.4 Å². The van der Waals surface area contributed by atoms with E-state index in [1.54, 1.807) is 11.3 Å². The molecule has 0 radical (unpaired) electrons. The molecule has 0 aliphatic carbocycles. The first-order valence-corrected chi connectivity index (χ1v) is 4.91. The van der Waals surface area contributed by atoms with Gasteiger partial charge in [-0.05, 0) is 17.9 Å². The highest BCUT2D eigenvalue weighted by Crippen LogP contribution is 2.23. The molecule has 0 bridgehead atoms. The van der Waals surface area contributed by atoms with Crippen molar-refractivity contribution in [2.45, 2.75) is 13.3 Å². The molecule has 3 N–H and O–H groups in total. The number of aliphatic hydroxyl groups is 1. The van der Waals surface area contributed by atoms with Crippen LogP contribution in [-0.4, -0.2) is 18.3 Å². The van der Waals surface area contributed by atoms with Crippen LogP contribution in [0.3, 0.4) is 0 Å². The van der Waals surface area contributed by atoms with Crippen molar-refractivity contribution in [1.29, 1.82) is 0 Å². The van der Waals surface area contributed by atoms with E-state index in [0.29, 0.717) is 6.54 Å². The average Bonchev–Trinajstić information content (AvgIpc) is 2.57. The minimum Gasteiger partial charge on any atom is -0.396 e. The van der Waals surface area contributed by atoms with Crippen molar-refractivity contribution in [3.8, 4) is 0 Å². The number of aliphatic hydroxyl groups excluding tert-OH is 1. The summed E-state index contributed by atoms with van der Waals surface area (Å²) in [7, 11) is 0. The number of hydrogen-bond donors (Lipinski definition) is 2. The first-order chi connectivity index (χ1) is 5.70. The van der Waals surface area contributed by atoms with Gasteiger partial charge in [-0.15, -0.1) is 23.7 Å². The smallest absolute Gasteiger partial charge is 0.0500 e. The maximum Gasteiger partial charge on any atom is 0.0500 e. The minimum atomic E-state index is -0.148. The average molecular weight is 222 g/mol. The summed E-state index contributed by atoms with van der Waals surface area (Å²) in [6.07, 6.45) is 0.873. The number of thiophene rings is 1. The molecule has 0 spiro atoms. The maximum absolute atomic E-state index is 9.11. The fourth-order valence-electron chi connectivity index (χ4n) is 1.03. The summed E-state index contributed by atoms with van der Waals surface area (Å²) >= 11 is 1.71. The van der Waals surface area contributed by atoms with Crippen molar-refractivity contribution < 1.29 is 5.11 Å². The number of rotatable bonds is 4. The first kappa shape index (κ1) is 12.9. The molecule has 1 aromatic heterocycles. The Morgan fingerprint density at radius 2 is 2.31 bits per heavy atom. The lowest BCUT2D eigenvalue weighted by atomic mass is 9.87. The Kier molecular flexibility index (Phi) is 5.56. The maximum atomic E-state index is 9.11. The molecule has 76 valence electrons. The summed E-state index contributed by atoms with van der Waals surface area (Å²) in [5, 5.41) is 11.2. The fraction of sp³-hybridized carbons (Fsp3) is 0.556. The fourth-order valence-corrected chi connectivity index (χ4v) is 1.95. The van der Waals surface area contributed by atoms with E-state index in [9.17, 15) is 0 Å². The molecule has 0 aliphatic rings. The molecule has 1 unspecified atom stereocenters. The van der Waals surface area contributed by atoms with Gasteiger partial charge in [-0.2, -0.15) is 0 Å². The van der Waals surface area contributed by atoms with E-state index in [1.807, 2.05) is 18.4 Å². The largest absolute Gasteiger partial charge is 0.396 e. The molecule has 13 heavy (non-hydrogen) atoms. The van der Waals surface area contributed by atoms with Crippen molar-refractivity contribution in [3.05, 3.63) is 22.4 Å². The van der Waals surface area contributed by atoms with Gasteiger partial charge >= 0.3 is 0 Å². The van der Waals surface area contributed by atoms with Crippen LogP contribution in [0.4, 0.5) is 0 Å². The lowest BCUT2D eigenvalue weighted by Crippen LogP contribution is -2.32. The van der Waals surface area contributed by atoms with Gasteiger partial charge in [0, 0.05) is 23.4 Å². The minimum absolute atomic E-state index is 0. The molecule has 2 nitrogen and oxygen atoms in total. The molecule has 1 rings (SSSR count). The quantitative estimate of drug-likeness (QED) is 0.813. The molecule has 4 heteroatoms. The zero-order valence-corrected chi connectivity index (χ0v) is 9.33. The van der Waals surface area contributed by atoms with Gasteiger partial charge in [0.25, 0.3) is 0 Å². The normalized spacial score (nSPS) is 14.7. The molecule has 1 aromatic rings. The molecule has 1 heterocycles. The van der Waals surface area contributed by atoms with Gasteiger partial charge in [-0.25, -0.2) is 0 Å². The van der Waals surface area contributed by atoms with Gasteiger partial charge in [0.2, 0.25) is 0 Å². The van der Waals surface area contributed by atoms with Crippen molar-refractivity contribution in [1.82, 2.24) is 0 Å². The third kappa shape index (κ3) is 3.65. The van der Waals surface area contributed by atoms with Crippen molar-refractivity contribution >= 4 is 23.7 Å². The standard InChI is InChI=1S/C9H15NOS.ClH/c1-9(6-10,7-11)5-8-3-2-4-12-8;/h2-4,11H,5-7,10H2,1H3;1H. The second kappa shape index (κ2) is 5.60. The van der Waals surface area contributed by atoms with Gasteiger partial charge in [0.15, 0.2) is 0 Å². The topological polar surface area (TPSA) is 46.2 Å². The summed E-state index contributed by atoms with van der Waals surface area (Å²) in [5.74, 6) is 0. The van der Waals surface area contributed by atoms with Crippen LogP contribution in [0.15, 0.2) is 17.5 Å². The van der Waals surface area contributed by atoms with Gasteiger partial charge in [0.05, 0.1) is 0 Å². The predicted molar refractivity (Wildman–Crippen MR) is 59.5 cm³/mol. The monoisotopic (exact) mass is 221 g/mol. The Morgan fingerprint density at radius 1 is 1.62 bits per heavy atom. The van der Waals surface area contributed by atoms with Crippen molar-refractivity contribution in [2.75, 3.05) is 13.2 Å². The van der Waals surface area contributed by atoms with E-state index < -0.39 is 0 Å². The zero-order chi connectivity index (χ0) is 9.03. The molecular weight excluding hydrogens is 206 g/mol. The third-order valence-electron chi connectivity index (χ3n) is 2.06. The van der Waals surface area contributed by atoms with E-state index in [4.69, 9.17) is 10.8 Å². The molecule has 0 fully saturated rings. The lowest BCUT2D eigenvalue weighted by Gasteiger charge is -2.24. The Labute approximate surface area is 89.2 Å². The number of hydrogen-bond acceptors (Lipinski definition) is 3. The first-order valence-electron chi connectivity index (χ1n) is 4.03. The highest BCUT2D eigenvalue weighted by molar-refractivity contribution is 7.09. The van der Waals surface area contributed by atoms with Crippen molar-refractivity contribution in [2.24, 2.45) is 11.1 Å². The second-order valence-electron chi connectivity index (χ2n) is 3.43. The van der Waals surface area contributed by atoms with E-state index in [0.717, 1.165) is 6.42 Å². The summed E-state index contributed by atoms with van der Waals surface area (Å²) < 4.78 is 0. The van der Waals surface area contributed by atoms with E-state index >= 15 is 0 Å². The summed E-state index contributed by atoms with van der Waals surface area (Å²) in [5.41, 5.74) is 5.43. The molecule has 0 aromatic carbocycles. The summed E-state index contributed by atoms with van der Waals surface area (Å²) in [6, 6.07) is 4.10. The van der Waals surface area contributed by atoms with Gasteiger partial charge in [-0.1, -0.05) is 13.0 Å². The van der Waals surface area contributed by atoms with E-state index in [1.165, 1.54) is 4.88 Å². The molecule has 1 atom stereocenters. The van der Waals surface area contributed by atoms with E-state index in [2.05, 4.69) is 6.07 Å². The van der Waals surface area contributed by atoms with Crippen LogP contribution in [0.2, 0.25) is 0 Å². The molecular formula is C9H16ClNOS. The molecule has 0 saturated heterocycles. The molecule has 0 saturated carbocycles. The zero-order valence-electron chi connectivity index (χ0n) is 7.69.